The summed E-state index contributed by atoms with van der Waals surface area (Å²) < 4.78 is 5.37. The van der Waals surface area contributed by atoms with Crippen LogP contribution in [0.4, 0.5) is 0 Å². The van der Waals surface area contributed by atoms with Crippen molar-refractivity contribution in [2.45, 2.75) is 91.6 Å². The van der Waals surface area contributed by atoms with E-state index >= 15 is 0 Å². The van der Waals surface area contributed by atoms with Crippen molar-refractivity contribution in [2.24, 2.45) is 52.3 Å². The van der Waals surface area contributed by atoms with Crippen LogP contribution in [0.5, 0.6) is 0 Å². The van der Waals surface area contributed by atoms with Gasteiger partial charge in [0.05, 0.1) is 6.07 Å². The average Bonchev–Trinajstić information content (AvgIpc) is 3.07. The van der Waals surface area contributed by atoms with E-state index in [0.717, 1.165) is 38.5 Å². The number of nitriles is 1. The number of rotatable bonds is 5. The zero-order chi connectivity index (χ0) is 21.7. The standard InChI is InChI=1S/C26H39NO3/c1-5-18-22-14-17(30-15-28)8-11-26(22,4)21-9-12-25(3)19(16(2)10-13-27)6-7-20(25)23(21)24(18)29/h15-23H,5-12,14H2,1-4H3/t16-,17-,18-,19-,20?,21?,22?,23?,25-,26-/m1/s1. The van der Waals surface area contributed by atoms with Gasteiger partial charge in [-0.25, -0.2) is 0 Å². The molecule has 4 saturated carbocycles. The predicted molar refractivity (Wildman–Crippen MR) is 115 cm³/mol. The molecular formula is C26H39NO3. The van der Waals surface area contributed by atoms with Crippen LogP contribution in [0.2, 0.25) is 0 Å². The quantitative estimate of drug-likeness (QED) is 0.554. The number of ketones is 1. The molecule has 0 heterocycles. The first-order valence-electron chi connectivity index (χ1n) is 12.3. The summed E-state index contributed by atoms with van der Waals surface area (Å²) in [7, 11) is 0. The van der Waals surface area contributed by atoms with Gasteiger partial charge in [0.25, 0.3) is 6.47 Å². The normalized spacial score (nSPS) is 48.6. The van der Waals surface area contributed by atoms with Crippen molar-refractivity contribution in [3.05, 3.63) is 0 Å². The Bertz CT molecular complexity index is 728. The highest BCUT2D eigenvalue weighted by atomic mass is 16.5. The second-order valence-corrected chi connectivity index (χ2v) is 11.5. The van der Waals surface area contributed by atoms with Crippen LogP contribution in [0.15, 0.2) is 0 Å². The maximum atomic E-state index is 14.0. The minimum Gasteiger partial charge on any atom is -0.465 e. The van der Waals surface area contributed by atoms with Gasteiger partial charge in [0.2, 0.25) is 0 Å². The van der Waals surface area contributed by atoms with Gasteiger partial charge in [0, 0.05) is 18.3 Å². The maximum absolute atomic E-state index is 14.0. The minimum atomic E-state index is -0.0180. The average molecular weight is 414 g/mol. The highest BCUT2D eigenvalue weighted by Crippen LogP contribution is 2.68. The van der Waals surface area contributed by atoms with Crippen LogP contribution in [-0.4, -0.2) is 18.4 Å². The van der Waals surface area contributed by atoms with Crippen LogP contribution in [0, 0.1) is 63.6 Å². The Morgan fingerprint density at radius 3 is 2.50 bits per heavy atom. The van der Waals surface area contributed by atoms with E-state index in [4.69, 9.17) is 4.74 Å². The Labute approximate surface area is 182 Å². The summed E-state index contributed by atoms with van der Waals surface area (Å²) in [4.78, 5) is 24.9. The van der Waals surface area contributed by atoms with E-state index in [-0.39, 0.29) is 28.8 Å². The molecule has 4 heteroatoms. The predicted octanol–water partition coefficient (Wildman–Crippen LogP) is 5.55. The van der Waals surface area contributed by atoms with Gasteiger partial charge in [-0.3, -0.25) is 9.59 Å². The van der Waals surface area contributed by atoms with Crippen molar-refractivity contribution in [1.29, 1.82) is 5.26 Å². The van der Waals surface area contributed by atoms with E-state index < -0.39 is 0 Å². The summed E-state index contributed by atoms with van der Waals surface area (Å²) in [5.41, 5.74) is 0.381. The maximum Gasteiger partial charge on any atom is 0.293 e. The fourth-order valence-corrected chi connectivity index (χ4v) is 9.08. The molecular weight excluding hydrogens is 374 g/mol. The number of hydrogen-bond acceptors (Lipinski definition) is 4. The van der Waals surface area contributed by atoms with Gasteiger partial charge in [-0.05, 0) is 91.8 Å². The molecule has 0 aliphatic heterocycles. The zero-order valence-corrected chi connectivity index (χ0v) is 19.2. The van der Waals surface area contributed by atoms with Crippen LogP contribution in [-0.2, 0) is 14.3 Å². The molecule has 0 amide bonds. The molecule has 0 radical (unpaired) electrons. The van der Waals surface area contributed by atoms with E-state index in [9.17, 15) is 14.9 Å². The summed E-state index contributed by atoms with van der Waals surface area (Å²) >= 11 is 0. The molecule has 4 fully saturated rings. The fourth-order valence-electron chi connectivity index (χ4n) is 9.08. The molecule has 0 spiro atoms. The third kappa shape index (κ3) is 3.06. The summed E-state index contributed by atoms with van der Waals surface area (Å²) in [6, 6.07) is 2.39. The van der Waals surface area contributed by atoms with E-state index in [1.165, 1.54) is 12.8 Å². The molecule has 0 N–H and O–H groups in total. The van der Waals surface area contributed by atoms with Crippen molar-refractivity contribution < 1.29 is 14.3 Å². The number of hydrogen-bond donors (Lipinski definition) is 0. The first-order valence-corrected chi connectivity index (χ1v) is 12.3. The van der Waals surface area contributed by atoms with E-state index in [2.05, 4.69) is 33.8 Å². The lowest BCUT2D eigenvalue weighted by molar-refractivity contribution is -0.176. The smallest absolute Gasteiger partial charge is 0.293 e. The molecule has 4 unspecified atom stereocenters. The Hall–Kier alpha value is -1.37. The molecule has 0 aromatic carbocycles. The Kier molecular flexibility index (Phi) is 5.79. The van der Waals surface area contributed by atoms with E-state index in [1.54, 1.807) is 0 Å². The summed E-state index contributed by atoms with van der Waals surface area (Å²) in [6.07, 6.45) is 9.02. The molecule has 10 atom stereocenters. The lowest BCUT2D eigenvalue weighted by Gasteiger charge is -2.62. The van der Waals surface area contributed by atoms with Gasteiger partial charge in [0.1, 0.15) is 11.9 Å². The van der Waals surface area contributed by atoms with Gasteiger partial charge >= 0.3 is 0 Å². The van der Waals surface area contributed by atoms with Crippen LogP contribution < -0.4 is 0 Å². The van der Waals surface area contributed by atoms with Gasteiger partial charge in [-0.2, -0.15) is 5.26 Å². The summed E-state index contributed by atoms with van der Waals surface area (Å²) in [5, 5.41) is 9.26. The topological polar surface area (TPSA) is 67.2 Å². The van der Waals surface area contributed by atoms with Crippen LogP contribution in [0.25, 0.3) is 0 Å². The van der Waals surface area contributed by atoms with Crippen molar-refractivity contribution in [1.82, 2.24) is 0 Å². The van der Waals surface area contributed by atoms with Crippen molar-refractivity contribution in [3.8, 4) is 6.07 Å². The number of carbonyl (C=O) groups is 2. The van der Waals surface area contributed by atoms with Gasteiger partial charge < -0.3 is 4.74 Å². The molecule has 0 aromatic heterocycles. The Morgan fingerprint density at radius 2 is 1.83 bits per heavy atom. The van der Waals surface area contributed by atoms with Crippen LogP contribution in [0.1, 0.15) is 85.5 Å². The van der Waals surface area contributed by atoms with Crippen LogP contribution in [0.3, 0.4) is 0 Å². The second-order valence-electron chi connectivity index (χ2n) is 11.5. The monoisotopic (exact) mass is 413 g/mol. The van der Waals surface area contributed by atoms with Gasteiger partial charge in [0.15, 0.2) is 0 Å². The molecule has 4 aliphatic carbocycles. The summed E-state index contributed by atoms with van der Waals surface area (Å²) in [5.74, 6) is 3.09. The van der Waals surface area contributed by atoms with Crippen LogP contribution >= 0.6 is 0 Å². The molecule has 166 valence electrons. The number of ether oxygens (including phenoxy) is 1. The van der Waals surface area contributed by atoms with E-state index in [1.807, 2.05) is 0 Å². The van der Waals surface area contributed by atoms with Crippen molar-refractivity contribution in [3.63, 3.8) is 0 Å². The highest BCUT2D eigenvalue weighted by molar-refractivity contribution is 5.86. The molecule has 4 aliphatic rings. The van der Waals surface area contributed by atoms with Gasteiger partial charge in [-0.15, -0.1) is 0 Å². The third-order valence-electron chi connectivity index (χ3n) is 10.5. The number of carbonyl (C=O) groups excluding carboxylic acids is 2. The molecule has 0 bridgehead atoms. The molecule has 0 saturated heterocycles. The molecule has 4 nitrogen and oxygen atoms in total. The second kappa shape index (κ2) is 7.95. The molecule has 4 rings (SSSR count). The van der Waals surface area contributed by atoms with Gasteiger partial charge in [-0.1, -0.05) is 27.7 Å². The number of nitrogens with zero attached hydrogens (tertiary/aromatic N) is 1. The lowest BCUT2D eigenvalue weighted by atomic mass is 9.42. The van der Waals surface area contributed by atoms with Crippen molar-refractivity contribution >= 4 is 12.3 Å². The number of fused-ring (bicyclic) bond motifs is 5. The third-order valence-corrected chi connectivity index (χ3v) is 10.5. The molecule has 30 heavy (non-hydrogen) atoms. The minimum absolute atomic E-state index is 0.0180. The van der Waals surface area contributed by atoms with Crippen molar-refractivity contribution in [2.75, 3.05) is 0 Å². The lowest BCUT2D eigenvalue weighted by Crippen LogP contribution is -2.60. The first-order chi connectivity index (χ1) is 14.3. The fraction of sp³-hybridized carbons (Fsp3) is 0.885. The van der Waals surface area contributed by atoms with E-state index in [0.29, 0.717) is 48.3 Å². The zero-order valence-electron chi connectivity index (χ0n) is 19.2. The largest absolute Gasteiger partial charge is 0.465 e. The summed E-state index contributed by atoms with van der Waals surface area (Å²) in [6.45, 7) is 9.90. The Morgan fingerprint density at radius 1 is 1.13 bits per heavy atom. The Balaban J connectivity index is 1.66. The first kappa shape index (κ1) is 21.8. The highest BCUT2D eigenvalue weighted by Gasteiger charge is 2.65. The number of Topliss-reactive ketones (excluding diaryl/α,β-unsaturated/α-hetero) is 1. The molecule has 0 aromatic rings. The SMILES string of the molecule is CC[C@H]1C(=O)C2C(CC[C@@]3(C)C2CC[C@@H]3[C@H](C)CC#N)[C@@]2(C)CC[C@@H](OC=O)CC12.